The number of anilines is 1. The maximum Gasteiger partial charge on any atom is 0.356 e. The number of carboxylic acid groups (broad SMARTS) is 1. The lowest BCUT2D eigenvalue weighted by Crippen LogP contribution is -2.48. The molecule has 0 saturated heterocycles. The molecule has 7 rings (SSSR count). The monoisotopic (exact) mass is 566 g/mol. The van der Waals surface area contributed by atoms with Gasteiger partial charge in [-0.05, 0) is 77.5 Å². The van der Waals surface area contributed by atoms with E-state index in [0.29, 0.717) is 28.5 Å². The average molecular weight is 567 g/mol. The Balaban J connectivity index is 1.41. The predicted molar refractivity (Wildman–Crippen MR) is 144 cm³/mol. The third-order valence-electron chi connectivity index (χ3n) is 8.78. The first-order valence-electron chi connectivity index (χ1n) is 13.2. The molecular weight excluding hydrogens is 539 g/mol. The zero-order valence-corrected chi connectivity index (χ0v) is 23.0. The Morgan fingerprint density at radius 2 is 1.80 bits per heavy atom. The summed E-state index contributed by atoms with van der Waals surface area (Å²) in [5, 5.41) is 16.7. The van der Waals surface area contributed by atoms with Crippen molar-refractivity contribution in [2.45, 2.75) is 76.2 Å². The quantitative estimate of drug-likeness (QED) is 0.298. The second-order valence-corrected chi connectivity index (χ2v) is 11.5. The van der Waals surface area contributed by atoms with Gasteiger partial charge in [-0.1, -0.05) is 16.8 Å². The lowest BCUT2D eigenvalue weighted by molar-refractivity contribution is 0.0691. The molecule has 10 nitrogen and oxygen atoms in total. The van der Waals surface area contributed by atoms with Gasteiger partial charge in [0.1, 0.15) is 16.6 Å². The summed E-state index contributed by atoms with van der Waals surface area (Å²) in [6.07, 6.45) is 6.16. The van der Waals surface area contributed by atoms with Gasteiger partial charge in [0.15, 0.2) is 11.5 Å². The van der Waals surface area contributed by atoms with E-state index in [2.05, 4.69) is 20.4 Å². The lowest BCUT2D eigenvalue weighted by Gasteiger charge is -2.51. The maximum absolute atomic E-state index is 14.8. The Labute approximate surface area is 233 Å². The van der Waals surface area contributed by atoms with Crippen molar-refractivity contribution < 1.29 is 18.8 Å². The van der Waals surface area contributed by atoms with E-state index in [9.17, 15) is 19.1 Å². The number of pyridine rings is 2. The van der Waals surface area contributed by atoms with Crippen LogP contribution < -0.4 is 10.9 Å². The van der Waals surface area contributed by atoms with Crippen LogP contribution in [0.4, 0.5) is 10.1 Å². The van der Waals surface area contributed by atoms with Crippen molar-refractivity contribution >= 4 is 28.9 Å². The second kappa shape index (κ2) is 9.36. The summed E-state index contributed by atoms with van der Waals surface area (Å²) in [7, 11) is 0. The Morgan fingerprint density at radius 1 is 1.12 bits per heavy atom. The number of rotatable bonds is 6. The Hall–Kier alpha value is -3.86. The smallest absolute Gasteiger partial charge is 0.356 e. The summed E-state index contributed by atoms with van der Waals surface area (Å²) in [4.78, 5) is 38.8. The number of aromatic nitrogens is 5. The van der Waals surface area contributed by atoms with Gasteiger partial charge in [-0.2, -0.15) is 4.98 Å². The summed E-state index contributed by atoms with van der Waals surface area (Å²) in [5.41, 5.74) is 1.20. The SMILES string of the molecule is Cc1noc(C23CCC(c4nc5c([C@@H](C)Nc6ccc(Cl)nc6C(=O)O)cc(F)cn5c(=O)c4C)(CC2)CC3)n1. The van der Waals surface area contributed by atoms with Gasteiger partial charge >= 0.3 is 5.97 Å². The third-order valence-corrected chi connectivity index (χ3v) is 8.99. The number of carboxylic acids is 1. The minimum absolute atomic E-state index is 0.0395. The number of nitrogens with zero attached hydrogens (tertiary/aromatic N) is 5. The van der Waals surface area contributed by atoms with Crippen LogP contribution in [-0.4, -0.2) is 35.6 Å². The molecule has 0 unspecified atom stereocenters. The fourth-order valence-electron chi connectivity index (χ4n) is 6.55. The van der Waals surface area contributed by atoms with Crippen LogP contribution >= 0.6 is 11.6 Å². The first-order valence-corrected chi connectivity index (χ1v) is 13.6. The molecule has 3 aliphatic carbocycles. The van der Waals surface area contributed by atoms with Crippen molar-refractivity contribution in [3.8, 4) is 0 Å². The van der Waals surface area contributed by atoms with Gasteiger partial charge in [0.25, 0.3) is 5.56 Å². The van der Waals surface area contributed by atoms with Gasteiger partial charge in [0, 0.05) is 28.2 Å². The molecule has 3 saturated carbocycles. The van der Waals surface area contributed by atoms with E-state index in [1.165, 1.54) is 22.6 Å². The molecule has 0 aliphatic heterocycles. The molecule has 1 atom stereocenters. The van der Waals surface area contributed by atoms with Gasteiger partial charge < -0.3 is 14.9 Å². The van der Waals surface area contributed by atoms with Crippen LogP contribution in [0.1, 0.15) is 90.5 Å². The van der Waals surface area contributed by atoms with E-state index < -0.39 is 17.8 Å². The van der Waals surface area contributed by atoms with Crippen molar-refractivity contribution in [2.75, 3.05) is 5.32 Å². The molecule has 4 aromatic heterocycles. The average Bonchev–Trinajstić information content (AvgIpc) is 3.39. The van der Waals surface area contributed by atoms with E-state index in [-0.39, 0.29) is 32.9 Å². The molecule has 12 heteroatoms. The second-order valence-electron chi connectivity index (χ2n) is 11.1. The maximum atomic E-state index is 14.8. The highest BCUT2D eigenvalue weighted by atomic mass is 35.5. The number of aromatic carboxylic acids is 1. The highest BCUT2D eigenvalue weighted by Gasteiger charge is 2.54. The number of fused-ring (bicyclic) bond motifs is 4. The van der Waals surface area contributed by atoms with E-state index in [0.717, 1.165) is 50.4 Å². The summed E-state index contributed by atoms with van der Waals surface area (Å²) >= 11 is 5.90. The van der Waals surface area contributed by atoms with Crippen molar-refractivity contribution in [1.29, 1.82) is 0 Å². The zero-order chi connectivity index (χ0) is 28.4. The molecule has 0 aromatic carbocycles. The van der Waals surface area contributed by atoms with Crippen molar-refractivity contribution in [3.05, 3.63) is 79.9 Å². The van der Waals surface area contributed by atoms with Crippen LogP contribution in [0.5, 0.6) is 0 Å². The van der Waals surface area contributed by atoms with Crippen molar-refractivity contribution in [1.82, 2.24) is 24.5 Å². The van der Waals surface area contributed by atoms with Gasteiger partial charge in [0.05, 0.1) is 17.4 Å². The Kier molecular flexibility index (Phi) is 6.17. The number of halogens is 2. The number of carbonyl (C=O) groups is 1. The molecule has 208 valence electrons. The summed E-state index contributed by atoms with van der Waals surface area (Å²) in [6, 6.07) is 3.69. The van der Waals surface area contributed by atoms with Crippen LogP contribution in [0.3, 0.4) is 0 Å². The first-order chi connectivity index (χ1) is 19.0. The number of hydrogen-bond acceptors (Lipinski definition) is 8. The number of aryl methyl sites for hydroxylation is 1. The van der Waals surface area contributed by atoms with Crippen LogP contribution in [0.15, 0.2) is 33.7 Å². The first kappa shape index (κ1) is 26.4. The molecule has 4 aromatic rings. The molecule has 40 heavy (non-hydrogen) atoms. The fraction of sp³-hybridized carbons (Fsp3) is 0.429. The van der Waals surface area contributed by atoms with Crippen LogP contribution in [-0.2, 0) is 10.8 Å². The standard InChI is InChI=1S/C28H28ClFN6O4/c1-14-22(27-6-9-28(10-7-27,11-8-27)26-32-16(3)35-40-26)34-23-18(12-17(30)13-36(23)24(14)37)15(2)31-19-4-5-20(29)33-21(19)25(38)39/h4-5,12-13,15,31H,6-11H2,1-3H3,(H,38,39)/t15-,27?,28?/m1/s1. The Bertz CT molecular complexity index is 1710. The highest BCUT2D eigenvalue weighted by Crippen LogP contribution is 2.58. The van der Waals surface area contributed by atoms with E-state index in [1.54, 1.807) is 13.8 Å². The van der Waals surface area contributed by atoms with E-state index in [4.69, 9.17) is 21.1 Å². The molecule has 4 heterocycles. The molecule has 3 aliphatic rings. The predicted octanol–water partition coefficient (Wildman–Crippen LogP) is 5.30. The van der Waals surface area contributed by atoms with Gasteiger partial charge in [-0.25, -0.2) is 19.2 Å². The summed E-state index contributed by atoms with van der Waals surface area (Å²) in [6.45, 7) is 5.33. The summed E-state index contributed by atoms with van der Waals surface area (Å²) in [5.74, 6) is -0.544. The molecule has 2 bridgehead atoms. The van der Waals surface area contributed by atoms with Gasteiger partial charge in [-0.15, -0.1) is 0 Å². The van der Waals surface area contributed by atoms with Gasteiger partial charge in [0.2, 0.25) is 5.89 Å². The van der Waals surface area contributed by atoms with Crippen molar-refractivity contribution in [3.63, 3.8) is 0 Å². The fourth-order valence-corrected chi connectivity index (χ4v) is 6.70. The molecule has 0 radical (unpaired) electrons. The minimum atomic E-state index is -1.26. The van der Waals surface area contributed by atoms with Crippen molar-refractivity contribution in [2.24, 2.45) is 0 Å². The molecular formula is C28H28ClFN6O4. The lowest BCUT2D eigenvalue weighted by atomic mass is 9.52. The van der Waals surface area contributed by atoms with Gasteiger partial charge in [-0.3, -0.25) is 9.20 Å². The van der Waals surface area contributed by atoms with E-state index in [1.807, 2.05) is 6.92 Å². The Morgan fingerprint density at radius 3 is 2.42 bits per heavy atom. The normalized spacial score (nSPS) is 22.9. The minimum Gasteiger partial charge on any atom is -0.476 e. The third kappa shape index (κ3) is 4.14. The highest BCUT2D eigenvalue weighted by molar-refractivity contribution is 6.29. The largest absolute Gasteiger partial charge is 0.476 e. The van der Waals surface area contributed by atoms with Crippen LogP contribution in [0.25, 0.3) is 5.65 Å². The zero-order valence-electron chi connectivity index (χ0n) is 22.3. The topological polar surface area (TPSA) is 136 Å². The summed E-state index contributed by atoms with van der Waals surface area (Å²) < 4.78 is 21.6. The molecule has 3 fully saturated rings. The number of hydrogen-bond donors (Lipinski definition) is 2. The van der Waals surface area contributed by atoms with Crippen LogP contribution in [0, 0.1) is 19.7 Å². The molecule has 2 N–H and O–H groups in total. The van der Waals surface area contributed by atoms with E-state index >= 15 is 0 Å². The van der Waals surface area contributed by atoms with Crippen LogP contribution in [0.2, 0.25) is 5.15 Å². The molecule has 0 spiro atoms. The molecule has 0 amide bonds. The number of nitrogens with one attached hydrogen (secondary N) is 1.